The molecule has 4 rings (SSSR count). The molecule has 29 heavy (non-hydrogen) atoms. The summed E-state index contributed by atoms with van der Waals surface area (Å²) in [6, 6.07) is 11.4. The topological polar surface area (TPSA) is 128 Å². The second-order valence-electron chi connectivity index (χ2n) is 6.38. The lowest BCUT2D eigenvalue weighted by molar-refractivity contribution is -0.384. The molecule has 10 nitrogen and oxygen atoms in total. The van der Waals surface area contributed by atoms with Crippen LogP contribution in [0.1, 0.15) is 12.5 Å². The number of nitrogens with zero attached hydrogens (tertiary/aromatic N) is 3. The maximum atomic E-state index is 13.0. The average Bonchev–Trinajstić information content (AvgIpc) is 3.23. The summed E-state index contributed by atoms with van der Waals surface area (Å²) in [6.07, 6.45) is -1.10. The predicted molar refractivity (Wildman–Crippen MR) is 98.2 cm³/mol. The number of benzene rings is 2. The van der Waals surface area contributed by atoms with Gasteiger partial charge < -0.3 is 9.57 Å². The highest BCUT2D eigenvalue weighted by Crippen LogP contribution is 2.35. The molecule has 1 saturated heterocycles. The molecule has 2 amide bonds. The summed E-state index contributed by atoms with van der Waals surface area (Å²) >= 11 is 0. The smallest absolute Gasteiger partial charge is 0.308 e. The van der Waals surface area contributed by atoms with Crippen LogP contribution in [0.15, 0.2) is 53.7 Å². The number of hydrogen-bond acceptors (Lipinski definition) is 8. The van der Waals surface area contributed by atoms with Crippen LogP contribution in [-0.4, -0.2) is 34.5 Å². The van der Waals surface area contributed by atoms with Crippen molar-refractivity contribution in [3.05, 3.63) is 64.2 Å². The molecule has 10 heteroatoms. The molecule has 146 valence electrons. The molecule has 0 bridgehead atoms. The summed E-state index contributed by atoms with van der Waals surface area (Å²) in [5.41, 5.74) is 0.892. The van der Waals surface area contributed by atoms with Gasteiger partial charge in [0.05, 0.1) is 10.6 Å². The molecular weight excluding hydrogens is 382 g/mol. The number of amides is 2. The second kappa shape index (κ2) is 6.82. The lowest BCUT2D eigenvalue weighted by Crippen LogP contribution is -2.33. The molecule has 1 fully saturated rings. The number of fused-ring (bicyclic) bond motifs is 1. The van der Waals surface area contributed by atoms with E-state index in [9.17, 15) is 24.5 Å². The number of nitro groups is 1. The van der Waals surface area contributed by atoms with E-state index in [0.717, 1.165) is 4.90 Å². The van der Waals surface area contributed by atoms with Crippen LogP contribution in [0.5, 0.6) is 5.75 Å². The van der Waals surface area contributed by atoms with Crippen LogP contribution < -0.4 is 9.64 Å². The number of oxime groups is 1. The van der Waals surface area contributed by atoms with E-state index < -0.39 is 34.7 Å². The van der Waals surface area contributed by atoms with Gasteiger partial charge in [0.25, 0.3) is 11.6 Å². The Balaban J connectivity index is 1.60. The minimum Gasteiger partial charge on any atom is -0.427 e. The van der Waals surface area contributed by atoms with Gasteiger partial charge in [-0.15, -0.1) is 0 Å². The first-order valence-electron chi connectivity index (χ1n) is 8.51. The van der Waals surface area contributed by atoms with Crippen molar-refractivity contribution in [3.8, 4) is 5.75 Å². The van der Waals surface area contributed by atoms with E-state index in [1.807, 2.05) is 0 Å². The molecule has 2 heterocycles. The number of carbonyl (C=O) groups is 3. The molecule has 2 aliphatic heterocycles. The minimum atomic E-state index is -1.10. The van der Waals surface area contributed by atoms with E-state index in [0.29, 0.717) is 11.3 Å². The number of hydrogen-bond donors (Lipinski definition) is 0. The van der Waals surface area contributed by atoms with Crippen LogP contribution in [0.3, 0.4) is 0 Å². The maximum Gasteiger partial charge on any atom is 0.308 e. The molecule has 2 atom stereocenters. The van der Waals surface area contributed by atoms with Crippen molar-refractivity contribution in [1.82, 2.24) is 0 Å². The molecule has 2 aromatic rings. The highest BCUT2D eigenvalue weighted by molar-refractivity contribution is 6.32. The molecule has 0 saturated carbocycles. The fourth-order valence-corrected chi connectivity index (χ4v) is 3.25. The maximum absolute atomic E-state index is 13.0. The first-order valence-corrected chi connectivity index (χ1v) is 8.51. The minimum absolute atomic E-state index is 0.104. The van der Waals surface area contributed by atoms with Gasteiger partial charge in [0.15, 0.2) is 0 Å². The standard InChI is InChI=1S/C19H13N3O7/c1-10(23)28-14-8-6-12(7-9-14)21-18(24)15-16(20-29-17(15)19(21)25)11-2-4-13(5-3-11)22(26)27/h2-9,15,17H,1H3/t15-,17-/m0/s1. The lowest BCUT2D eigenvalue weighted by atomic mass is 9.94. The third-order valence-electron chi connectivity index (χ3n) is 4.54. The van der Waals surface area contributed by atoms with Gasteiger partial charge in [0, 0.05) is 24.6 Å². The Morgan fingerprint density at radius 2 is 1.76 bits per heavy atom. The highest BCUT2D eigenvalue weighted by atomic mass is 16.7. The number of anilines is 1. The molecule has 0 aromatic heterocycles. The van der Waals surface area contributed by atoms with Gasteiger partial charge in [-0.05, 0) is 36.4 Å². The molecule has 2 aliphatic rings. The molecule has 0 aliphatic carbocycles. The second-order valence-corrected chi connectivity index (χ2v) is 6.38. The Bertz CT molecular complexity index is 1060. The van der Waals surface area contributed by atoms with Gasteiger partial charge in [-0.3, -0.25) is 24.5 Å². The molecule has 2 aromatic carbocycles. The SMILES string of the molecule is CC(=O)Oc1ccc(N2C(=O)[C@H]3C(c4ccc([N+](=O)[O-])cc4)=NO[C@@H]3C2=O)cc1. The Kier molecular flexibility index (Phi) is 4.30. The van der Waals surface area contributed by atoms with Crippen molar-refractivity contribution >= 4 is 34.9 Å². The summed E-state index contributed by atoms with van der Waals surface area (Å²) in [7, 11) is 0. The number of esters is 1. The fraction of sp³-hybridized carbons (Fsp3) is 0.158. The monoisotopic (exact) mass is 395 g/mol. The van der Waals surface area contributed by atoms with Crippen LogP contribution in [0.2, 0.25) is 0 Å². The Hall–Kier alpha value is -4.08. The van der Waals surface area contributed by atoms with Gasteiger partial charge in [-0.2, -0.15) is 0 Å². The summed E-state index contributed by atoms with van der Waals surface area (Å²) in [5.74, 6) is -2.24. The normalized spacial score (nSPS) is 20.2. The number of carbonyl (C=O) groups excluding carboxylic acids is 3. The fourth-order valence-electron chi connectivity index (χ4n) is 3.25. The quantitative estimate of drug-likeness (QED) is 0.254. The van der Waals surface area contributed by atoms with Crippen molar-refractivity contribution in [2.45, 2.75) is 13.0 Å². The average molecular weight is 395 g/mol. The third-order valence-corrected chi connectivity index (χ3v) is 4.54. The van der Waals surface area contributed by atoms with E-state index in [2.05, 4.69) is 5.16 Å². The summed E-state index contributed by atoms with van der Waals surface area (Å²) in [6.45, 7) is 1.26. The summed E-state index contributed by atoms with van der Waals surface area (Å²) < 4.78 is 4.94. The van der Waals surface area contributed by atoms with Crippen LogP contribution >= 0.6 is 0 Å². The number of ether oxygens (including phenoxy) is 1. The third kappa shape index (κ3) is 3.10. The van der Waals surface area contributed by atoms with Crippen molar-refractivity contribution in [1.29, 1.82) is 0 Å². The zero-order valence-corrected chi connectivity index (χ0v) is 15.0. The van der Waals surface area contributed by atoms with Gasteiger partial charge >= 0.3 is 5.97 Å². The number of imide groups is 1. The Labute approximate surface area is 163 Å². The van der Waals surface area contributed by atoms with Crippen LogP contribution in [-0.2, 0) is 19.2 Å². The van der Waals surface area contributed by atoms with Gasteiger partial charge in [0.2, 0.25) is 12.0 Å². The largest absolute Gasteiger partial charge is 0.427 e. The lowest BCUT2D eigenvalue weighted by Gasteiger charge is -2.15. The van der Waals surface area contributed by atoms with E-state index >= 15 is 0 Å². The number of nitro benzene ring substituents is 1. The van der Waals surface area contributed by atoms with E-state index in [1.165, 1.54) is 55.5 Å². The van der Waals surface area contributed by atoms with Crippen LogP contribution in [0.25, 0.3) is 0 Å². The first kappa shape index (κ1) is 18.3. The summed E-state index contributed by atoms with van der Waals surface area (Å²) in [5, 5.41) is 14.7. The molecule has 0 radical (unpaired) electrons. The van der Waals surface area contributed by atoms with E-state index in [-0.39, 0.29) is 17.1 Å². The zero-order chi connectivity index (χ0) is 20.7. The van der Waals surface area contributed by atoms with Crippen molar-refractivity contribution < 1.29 is 28.9 Å². The van der Waals surface area contributed by atoms with E-state index in [1.54, 1.807) is 0 Å². The predicted octanol–water partition coefficient (Wildman–Crippen LogP) is 1.81. The Morgan fingerprint density at radius 1 is 1.10 bits per heavy atom. The van der Waals surface area contributed by atoms with Crippen molar-refractivity contribution in [2.75, 3.05) is 4.90 Å². The van der Waals surface area contributed by atoms with Crippen LogP contribution in [0.4, 0.5) is 11.4 Å². The molecule has 0 spiro atoms. The number of rotatable bonds is 4. The highest BCUT2D eigenvalue weighted by Gasteiger charge is 2.56. The molecule has 0 unspecified atom stereocenters. The van der Waals surface area contributed by atoms with E-state index in [4.69, 9.17) is 9.57 Å². The molecular formula is C19H13N3O7. The van der Waals surface area contributed by atoms with Gasteiger partial charge in [-0.25, -0.2) is 4.90 Å². The van der Waals surface area contributed by atoms with Gasteiger partial charge in [-0.1, -0.05) is 5.16 Å². The summed E-state index contributed by atoms with van der Waals surface area (Å²) in [4.78, 5) is 53.2. The first-order chi connectivity index (χ1) is 13.9. The van der Waals surface area contributed by atoms with Crippen molar-refractivity contribution in [2.24, 2.45) is 11.1 Å². The Morgan fingerprint density at radius 3 is 2.34 bits per heavy atom. The molecule has 0 N–H and O–H groups in total. The van der Waals surface area contributed by atoms with Crippen LogP contribution in [0, 0.1) is 16.0 Å². The zero-order valence-electron chi connectivity index (χ0n) is 15.0. The number of non-ortho nitro benzene ring substituents is 1. The van der Waals surface area contributed by atoms with Gasteiger partial charge in [0.1, 0.15) is 17.4 Å². The van der Waals surface area contributed by atoms with Crippen molar-refractivity contribution in [3.63, 3.8) is 0 Å².